The Labute approximate surface area is 228 Å². The largest absolute Gasteiger partial charge is 0.419 e. The first kappa shape index (κ1) is 28.9. The number of ether oxygens (including phenoxy) is 1. The summed E-state index contributed by atoms with van der Waals surface area (Å²) in [4.78, 5) is 36.2. The molecule has 1 saturated heterocycles. The number of benzene rings is 2. The molecule has 1 aliphatic rings. The number of aryl methyl sites for hydroxylation is 1. The van der Waals surface area contributed by atoms with Gasteiger partial charge in [-0.3, -0.25) is 14.5 Å². The number of anilines is 3. The van der Waals surface area contributed by atoms with Crippen LogP contribution >= 0.6 is 0 Å². The number of alkyl halides is 3. The van der Waals surface area contributed by atoms with Crippen LogP contribution in [0.3, 0.4) is 0 Å². The number of halogens is 4. The zero-order chi connectivity index (χ0) is 28.7. The molecule has 2 heterocycles. The van der Waals surface area contributed by atoms with Crippen LogP contribution in [-0.2, 0) is 10.9 Å². The Hall–Kier alpha value is -4.10. The van der Waals surface area contributed by atoms with E-state index in [9.17, 15) is 27.2 Å². The van der Waals surface area contributed by atoms with Gasteiger partial charge in [0.15, 0.2) is 0 Å². The van der Waals surface area contributed by atoms with Crippen molar-refractivity contribution in [2.45, 2.75) is 19.5 Å². The molecule has 13 heteroatoms. The van der Waals surface area contributed by atoms with E-state index in [2.05, 4.69) is 30.8 Å². The van der Waals surface area contributed by atoms with Crippen LogP contribution in [0.4, 0.5) is 34.9 Å². The number of morpholine rings is 1. The molecule has 0 radical (unpaired) electrons. The molecule has 40 heavy (non-hydrogen) atoms. The van der Waals surface area contributed by atoms with Crippen LogP contribution in [0.1, 0.15) is 38.3 Å². The number of nitrogens with one attached hydrogen (secondary N) is 3. The van der Waals surface area contributed by atoms with Gasteiger partial charge in [-0.1, -0.05) is 12.1 Å². The summed E-state index contributed by atoms with van der Waals surface area (Å²) in [6.07, 6.45) is -1.13. The molecule has 4 rings (SSSR count). The number of hydrogen-bond donors (Lipinski definition) is 3. The number of rotatable bonds is 9. The van der Waals surface area contributed by atoms with Crippen molar-refractivity contribution >= 4 is 29.1 Å². The molecule has 212 valence electrons. The Kier molecular flexibility index (Phi) is 9.27. The highest BCUT2D eigenvalue weighted by Crippen LogP contribution is 2.32. The second-order valence-electron chi connectivity index (χ2n) is 9.13. The maximum atomic E-state index is 14.4. The fraction of sp³-hybridized carbons (Fsp3) is 0.333. The molecule has 2 aromatic carbocycles. The van der Waals surface area contributed by atoms with E-state index in [4.69, 9.17) is 4.74 Å². The molecule has 0 aliphatic carbocycles. The minimum absolute atomic E-state index is 0.102. The van der Waals surface area contributed by atoms with Gasteiger partial charge in [0.2, 0.25) is 5.95 Å². The molecular formula is C27H28F4N6O3. The summed E-state index contributed by atoms with van der Waals surface area (Å²) in [6.45, 7) is 6.66. The highest BCUT2D eigenvalue weighted by atomic mass is 19.4. The Morgan fingerprint density at radius 3 is 2.35 bits per heavy atom. The fourth-order valence-electron chi connectivity index (χ4n) is 4.08. The van der Waals surface area contributed by atoms with E-state index in [-0.39, 0.29) is 11.3 Å². The van der Waals surface area contributed by atoms with E-state index >= 15 is 0 Å². The number of hydrogen-bond acceptors (Lipinski definition) is 7. The van der Waals surface area contributed by atoms with Crippen LogP contribution < -0.4 is 16.0 Å². The van der Waals surface area contributed by atoms with Crippen molar-refractivity contribution in [3.8, 4) is 0 Å². The quantitative estimate of drug-likeness (QED) is 0.260. The van der Waals surface area contributed by atoms with Crippen molar-refractivity contribution < 1.29 is 31.9 Å². The van der Waals surface area contributed by atoms with Gasteiger partial charge in [-0.2, -0.15) is 13.2 Å². The van der Waals surface area contributed by atoms with Gasteiger partial charge in [-0.15, -0.1) is 0 Å². The first-order chi connectivity index (χ1) is 19.1. The third-order valence-electron chi connectivity index (χ3n) is 6.24. The molecule has 0 atom stereocenters. The van der Waals surface area contributed by atoms with E-state index in [1.54, 1.807) is 13.0 Å². The lowest BCUT2D eigenvalue weighted by molar-refractivity contribution is -0.140. The number of amides is 2. The van der Waals surface area contributed by atoms with E-state index in [0.29, 0.717) is 29.8 Å². The van der Waals surface area contributed by atoms with Crippen LogP contribution in [0.15, 0.2) is 48.8 Å². The van der Waals surface area contributed by atoms with Crippen LogP contribution in [-0.4, -0.2) is 66.1 Å². The van der Waals surface area contributed by atoms with E-state index < -0.39 is 34.9 Å². The summed E-state index contributed by atoms with van der Waals surface area (Å²) in [5.74, 6) is -2.86. The third-order valence-corrected chi connectivity index (χ3v) is 6.24. The van der Waals surface area contributed by atoms with Crippen LogP contribution in [0, 0.1) is 12.7 Å². The average molecular weight is 561 g/mol. The summed E-state index contributed by atoms with van der Waals surface area (Å²) in [7, 11) is 0. The van der Waals surface area contributed by atoms with Crippen molar-refractivity contribution in [1.29, 1.82) is 0 Å². The minimum atomic E-state index is -4.95. The Balaban J connectivity index is 1.34. The molecular weight excluding hydrogens is 532 g/mol. The van der Waals surface area contributed by atoms with Crippen LogP contribution in [0.5, 0.6) is 0 Å². The molecule has 3 N–H and O–H groups in total. The van der Waals surface area contributed by atoms with Crippen molar-refractivity contribution in [3.05, 3.63) is 76.9 Å². The van der Waals surface area contributed by atoms with Crippen molar-refractivity contribution in [2.75, 3.05) is 55.3 Å². The smallest absolute Gasteiger partial charge is 0.379 e. The van der Waals surface area contributed by atoms with Crippen LogP contribution in [0.2, 0.25) is 0 Å². The highest BCUT2D eigenvalue weighted by Gasteiger charge is 2.35. The first-order valence-corrected chi connectivity index (χ1v) is 12.6. The Morgan fingerprint density at radius 2 is 1.65 bits per heavy atom. The zero-order valence-corrected chi connectivity index (χ0v) is 21.6. The Morgan fingerprint density at radius 1 is 0.975 bits per heavy atom. The molecule has 0 spiro atoms. The lowest BCUT2D eigenvalue weighted by Crippen LogP contribution is -2.37. The van der Waals surface area contributed by atoms with Crippen LogP contribution in [0.25, 0.3) is 0 Å². The van der Waals surface area contributed by atoms with Gasteiger partial charge in [-0.25, -0.2) is 14.4 Å². The van der Waals surface area contributed by atoms with Gasteiger partial charge in [-0.05, 0) is 49.7 Å². The number of aromatic nitrogens is 2. The van der Waals surface area contributed by atoms with Gasteiger partial charge in [0.05, 0.1) is 42.4 Å². The summed E-state index contributed by atoms with van der Waals surface area (Å²) in [6, 6.07) is 6.80. The second kappa shape index (κ2) is 12.8. The molecule has 1 fully saturated rings. The van der Waals surface area contributed by atoms with Gasteiger partial charge < -0.3 is 20.7 Å². The molecule has 1 aliphatic heterocycles. The van der Waals surface area contributed by atoms with E-state index in [0.717, 1.165) is 51.4 Å². The standard InChI is InChI=1S/C27H28F4N6O3/c1-17-6-7-18(35-24(38)20-4-2-5-22(23(20)28)27(29,30)31)14-21(17)25(39)36-19-15-33-26(34-16-19)32-8-3-9-37-10-12-40-13-11-37/h2,4-7,14-16H,3,8-13H2,1H3,(H,35,38)(H,36,39)(H,32,33,34). The van der Waals surface area contributed by atoms with Crippen molar-refractivity contribution in [3.63, 3.8) is 0 Å². The monoisotopic (exact) mass is 560 g/mol. The number of carbonyl (C=O) groups excluding carboxylic acids is 2. The predicted molar refractivity (Wildman–Crippen MR) is 141 cm³/mol. The summed E-state index contributed by atoms with van der Waals surface area (Å²) >= 11 is 0. The van der Waals surface area contributed by atoms with Gasteiger partial charge in [0.25, 0.3) is 11.8 Å². The van der Waals surface area contributed by atoms with Gasteiger partial charge >= 0.3 is 6.18 Å². The summed E-state index contributed by atoms with van der Waals surface area (Å²) < 4.78 is 58.7. The normalized spacial score (nSPS) is 14.0. The first-order valence-electron chi connectivity index (χ1n) is 12.6. The molecule has 0 bridgehead atoms. The SMILES string of the molecule is Cc1ccc(NC(=O)c2cccc(C(F)(F)F)c2F)cc1C(=O)Nc1cnc(NCCCN2CCOCC2)nc1. The number of nitrogens with zero attached hydrogens (tertiary/aromatic N) is 3. The maximum absolute atomic E-state index is 14.4. The third kappa shape index (κ3) is 7.51. The predicted octanol–water partition coefficient (Wildman–Crippen LogP) is 4.58. The number of carbonyl (C=O) groups is 2. The molecule has 3 aromatic rings. The fourth-order valence-corrected chi connectivity index (χ4v) is 4.08. The molecule has 0 unspecified atom stereocenters. The lowest BCUT2D eigenvalue weighted by Gasteiger charge is -2.26. The minimum Gasteiger partial charge on any atom is -0.379 e. The van der Waals surface area contributed by atoms with Crippen molar-refractivity contribution in [2.24, 2.45) is 0 Å². The summed E-state index contributed by atoms with van der Waals surface area (Å²) in [5, 5.41) is 8.16. The average Bonchev–Trinajstić information content (AvgIpc) is 2.93. The van der Waals surface area contributed by atoms with E-state index in [1.807, 2.05) is 0 Å². The van der Waals surface area contributed by atoms with Gasteiger partial charge in [0.1, 0.15) is 5.82 Å². The summed E-state index contributed by atoms with van der Waals surface area (Å²) in [5.41, 5.74) is -1.11. The molecule has 9 nitrogen and oxygen atoms in total. The maximum Gasteiger partial charge on any atom is 0.419 e. The van der Waals surface area contributed by atoms with Crippen molar-refractivity contribution in [1.82, 2.24) is 14.9 Å². The Bertz CT molecular complexity index is 1350. The molecule has 1 aromatic heterocycles. The molecule has 0 saturated carbocycles. The zero-order valence-electron chi connectivity index (χ0n) is 21.6. The van der Waals surface area contributed by atoms with Gasteiger partial charge in [0, 0.05) is 30.9 Å². The lowest BCUT2D eigenvalue weighted by atomic mass is 10.1. The highest BCUT2D eigenvalue weighted by molar-refractivity contribution is 6.08. The second-order valence-corrected chi connectivity index (χ2v) is 9.13. The van der Waals surface area contributed by atoms with E-state index in [1.165, 1.54) is 24.5 Å². The molecule has 2 amide bonds. The topological polar surface area (TPSA) is 108 Å².